The van der Waals surface area contributed by atoms with Crippen LogP contribution in [0.15, 0.2) is 28.7 Å². The van der Waals surface area contributed by atoms with Crippen molar-refractivity contribution in [1.82, 2.24) is 9.80 Å². The number of hydrogen-bond acceptors (Lipinski definition) is 4. The van der Waals surface area contributed by atoms with E-state index in [1.54, 1.807) is 0 Å². The number of carbonyl (C=O) groups excluding carboxylic acids is 1. The van der Waals surface area contributed by atoms with Crippen LogP contribution in [0.4, 0.5) is 0 Å². The molecule has 0 aliphatic carbocycles. The maximum atomic E-state index is 13.0. The standard InChI is InChI=1S/C20H26N2O3/c1-2-24-17-9-5-7-15-13-18(25-19(15)17)20(23)22-12-6-8-16(22)14-21-10-3-4-11-21/h5,7,9,13,16H,2-4,6,8,10-12,14H2,1H3. The highest BCUT2D eigenvalue weighted by Gasteiger charge is 2.33. The molecule has 0 spiro atoms. The number of amides is 1. The molecule has 1 aromatic carbocycles. The average molecular weight is 342 g/mol. The van der Waals surface area contributed by atoms with Crippen molar-refractivity contribution in [2.75, 3.05) is 32.8 Å². The van der Waals surface area contributed by atoms with Gasteiger partial charge in [-0.05, 0) is 57.8 Å². The molecule has 0 radical (unpaired) electrons. The lowest BCUT2D eigenvalue weighted by Gasteiger charge is -2.27. The summed E-state index contributed by atoms with van der Waals surface area (Å²) in [5, 5.41) is 0.921. The lowest BCUT2D eigenvalue weighted by Crippen LogP contribution is -2.42. The second-order valence-electron chi connectivity index (χ2n) is 7.02. The van der Waals surface area contributed by atoms with Crippen LogP contribution in [0.1, 0.15) is 43.2 Å². The minimum Gasteiger partial charge on any atom is -0.490 e. The van der Waals surface area contributed by atoms with Crippen molar-refractivity contribution in [2.45, 2.75) is 38.6 Å². The van der Waals surface area contributed by atoms with Crippen LogP contribution in [0.5, 0.6) is 5.75 Å². The van der Waals surface area contributed by atoms with Gasteiger partial charge in [0.15, 0.2) is 17.1 Å². The summed E-state index contributed by atoms with van der Waals surface area (Å²) in [6.45, 7) is 6.68. The molecular weight excluding hydrogens is 316 g/mol. The zero-order chi connectivity index (χ0) is 17.2. The van der Waals surface area contributed by atoms with Crippen molar-refractivity contribution in [3.05, 3.63) is 30.0 Å². The summed E-state index contributed by atoms with van der Waals surface area (Å²) in [6, 6.07) is 7.94. The first-order valence-electron chi connectivity index (χ1n) is 9.45. The number of carbonyl (C=O) groups is 1. The predicted molar refractivity (Wildman–Crippen MR) is 97.1 cm³/mol. The van der Waals surface area contributed by atoms with Crippen LogP contribution in [-0.2, 0) is 0 Å². The molecule has 5 nitrogen and oxygen atoms in total. The molecule has 3 heterocycles. The Labute approximate surface area is 148 Å². The molecule has 0 bridgehead atoms. The summed E-state index contributed by atoms with van der Waals surface area (Å²) in [7, 11) is 0. The van der Waals surface area contributed by atoms with Gasteiger partial charge in [-0.3, -0.25) is 4.79 Å². The van der Waals surface area contributed by atoms with Crippen LogP contribution in [-0.4, -0.2) is 54.5 Å². The van der Waals surface area contributed by atoms with Gasteiger partial charge in [-0.25, -0.2) is 0 Å². The molecule has 1 unspecified atom stereocenters. The van der Waals surface area contributed by atoms with Gasteiger partial charge < -0.3 is 19.0 Å². The number of likely N-dealkylation sites (tertiary alicyclic amines) is 2. The molecular formula is C20H26N2O3. The number of rotatable bonds is 5. The Morgan fingerprint density at radius 2 is 2.08 bits per heavy atom. The molecule has 2 aromatic rings. The van der Waals surface area contributed by atoms with E-state index in [4.69, 9.17) is 9.15 Å². The smallest absolute Gasteiger partial charge is 0.289 e. The van der Waals surface area contributed by atoms with Gasteiger partial charge in [-0.2, -0.15) is 0 Å². The normalized spacial score (nSPS) is 21.3. The number of nitrogens with zero attached hydrogens (tertiary/aromatic N) is 2. The maximum absolute atomic E-state index is 13.0. The summed E-state index contributed by atoms with van der Waals surface area (Å²) in [6.07, 6.45) is 4.73. The van der Waals surface area contributed by atoms with Gasteiger partial charge in [0.2, 0.25) is 0 Å². The Morgan fingerprint density at radius 3 is 2.88 bits per heavy atom. The van der Waals surface area contributed by atoms with E-state index in [0.29, 0.717) is 29.7 Å². The highest BCUT2D eigenvalue weighted by atomic mass is 16.5. The monoisotopic (exact) mass is 342 g/mol. The summed E-state index contributed by atoms with van der Waals surface area (Å²) < 4.78 is 11.5. The third-order valence-electron chi connectivity index (χ3n) is 5.32. The molecule has 2 aliphatic rings. The minimum atomic E-state index is 0.0142. The van der Waals surface area contributed by atoms with Crippen molar-refractivity contribution in [3.63, 3.8) is 0 Å². The Morgan fingerprint density at radius 1 is 1.24 bits per heavy atom. The van der Waals surface area contributed by atoms with E-state index in [9.17, 15) is 4.79 Å². The van der Waals surface area contributed by atoms with Crippen LogP contribution in [0.25, 0.3) is 11.0 Å². The molecule has 0 N–H and O–H groups in total. The van der Waals surface area contributed by atoms with Gasteiger partial charge in [0.1, 0.15) is 0 Å². The first kappa shape index (κ1) is 16.5. The number of hydrogen-bond donors (Lipinski definition) is 0. The van der Waals surface area contributed by atoms with Gasteiger partial charge in [0.25, 0.3) is 5.91 Å². The molecule has 1 aromatic heterocycles. The summed E-state index contributed by atoms with van der Waals surface area (Å²) in [5.74, 6) is 1.14. The van der Waals surface area contributed by atoms with Crippen LogP contribution in [0.3, 0.4) is 0 Å². The molecule has 1 atom stereocenters. The second kappa shape index (κ2) is 7.08. The van der Waals surface area contributed by atoms with Crippen molar-refractivity contribution >= 4 is 16.9 Å². The lowest BCUT2D eigenvalue weighted by molar-refractivity contribution is 0.0679. The Balaban J connectivity index is 1.55. The SMILES string of the molecule is CCOc1cccc2cc(C(=O)N3CCCC3CN3CCCC3)oc12. The summed E-state index contributed by atoms with van der Waals surface area (Å²) in [5.41, 5.74) is 0.669. The highest BCUT2D eigenvalue weighted by Crippen LogP contribution is 2.30. The first-order valence-corrected chi connectivity index (χ1v) is 9.45. The zero-order valence-electron chi connectivity index (χ0n) is 14.9. The molecule has 134 valence electrons. The second-order valence-corrected chi connectivity index (χ2v) is 7.02. The highest BCUT2D eigenvalue weighted by molar-refractivity contribution is 5.97. The number of furan rings is 1. The van der Waals surface area contributed by atoms with Gasteiger partial charge in [-0.15, -0.1) is 0 Å². The van der Waals surface area contributed by atoms with E-state index in [1.165, 1.54) is 25.9 Å². The summed E-state index contributed by atoms with van der Waals surface area (Å²) >= 11 is 0. The zero-order valence-corrected chi connectivity index (χ0v) is 14.9. The van der Waals surface area contributed by atoms with Crippen molar-refractivity contribution in [3.8, 4) is 5.75 Å². The molecule has 2 fully saturated rings. The maximum Gasteiger partial charge on any atom is 0.289 e. The number of para-hydroxylation sites is 1. The molecule has 5 heteroatoms. The third kappa shape index (κ3) is 3.25. The van der Waals surface area contributed by atoms with E-state index < -0.39 is 0 Å². The van der Waals surface area contributed by atoms with Crippen LogP contribution < -0.4 is 4.74 Å². The Kier molecular flexibility index (Phi) is 4.66. The van der Waals surface area contributed by atoms with Gasteiger partial charge in [-0.1, -0.05) is 12.1 Å². The van der Waals surface area contributed by atoms with Crippen LogP contribution in [0.2, 0.25) is 0 Å². The Bertz CT molecular complexity index is 748. The molecule has 4 rings (SSSR count). The van der Waals surface area contributed by atoms with Gasteiger partial charge in [0, 0.05) is 24.5 Å². The van der Waals surface area contributed by atoms with Crippen molar-refractivity contribution in [2.24, 2.45) is 0 Å². The van der Waals surface area contributed by atoms with Crippen molar-refractivity contribution in [1.29, 1.82) is 0 Å². The van der Waals surface area contributed by atoms with E-state index in [0.717, 1.165) is 31.3 Å². The fourth-order valence-electron chi connectivity index (χ4n) is 4.11. The van der Waals surface area contributed by atoms with Crippen molar-refractivity contribution < 1.29 is 13.9 Å². The van der Waals surface area contributed by atoms with Gasteiger partial charge in [0.05, 0.1) is 6.61 Å². The fraction of sp³-hybridized carbons (Fsp3) is 0.550. The minimum absolute atomic E-state index is 0.0142. The fourth-order valence-corrected chi connectivity index (χ4v) is 4.11. The number of ether oxygens (including phenoxy) is 1. The van der Waals surface area contributed by atoms with Crippen LogP contribution in [0, 0.1) is 0 Å². The molecule has 2 saturated heterocycles. The lowest BCUT2D eigenvalue weighted by atomic mass is 10.2. The molecule has 2 aliphatic heterocycles. The predicted octanol–water partition coefficient (Wildman–Crippen LogP) is 3.53. The molecule has 25 heavy (non-hydrogen) atoms. The van der Waals surface area contributed by atoms with E-state index in [1.807, 2.05) is 36.1 Å². The Hall–Kier alpha value is -2.01. The third-order valence-corrected chi connectivity index (χ3v) is 5.32. The van der Waals surface area contributed by atoms with E-state index in [2.05, 4.69) is 4.90 Å². The first-order chi connectivity index (χ1) is 12.3. The van der Waals surface area contributed by atoms with Crippen LogP contribution >= 0.6 is 0 Å². The molecule has 0 saturated carbocycles. The number of benzene rings is 1. The largest absolute Gasteiger partial charge is 0.490 e. The topological polar surface area (TPSA) is 45.9 Å². The van der Waals surface area contributed by atoms with E-state index >= 15 is 0 Å². The quantitative estimate of drug-likeness (QED) is 0.834. The number of fused-ring (bicyclic) bond motifs is 1. The average Bonchev–Trinajstić information content (AvgIpc) is 3.35. The van der Waals surface area contributed by atoms with Gasteiger partial charge >= 0.3 is 0 Å². The molecule has 1 amide bonds. The van der Waals surface area contributed by atoms with E-state index in [-0.39, 0.29) is 5.91 Å². The summed E-state index contributed by atoms with van der Waals surface area (Å²) in [4.78, 5) is 17.5.